The van der Waals surface area contributed by atoms with Crippen molar-refractivity contribution in [3.8, 4) is 0 Å². The number of hydrogen-bond acceptors (Lipinski definition) is 6. The molecule has 4 fully saturated rings. The van der Waals surface area contributed by atoms with E-state index in [4.69, 9.17) is 9.47 Å². The number of ether oxygens (including phenoxy) is 2. The SMILES string of the molecule is CC(C)(C)OC(=O)N1[C@@H]2CC[C@H]1[C@@H](F)C(O)[C@H]2F.CC(C)(C)OC(=O)N1[C@@H]2CC[C@H]1[C@@H](F)C(O)[C@H]2F. The molecular weight excluding hydrogens is 488 g/mol. The second-order valence-electron chi connectivity index (χ2n) is 12.0. The number of aliphatic hydroxyl groups is 2. The lowest BCUT2D eigenvalue weighted by atomic mass is 9.96. The van der Waals surface area contributed by atoms with Crippen molar-refractivity contribution in [1.82, 2.24) is 9.80 Å². The number of nitrogens with zero attached hydrogens (tertiary/aromatic N) is 2. The highest BCUT2D eigenvalue weighted by Gasteiger charge is 2.57. The molecule has 4 rings (SSSR count). The Balaban J connectivity index is 0.000000201. The van der Waals surface area contributed by atoms with Crippen LogP contribution in [0.2, 0.25) is 0 Å². The Bertz CT molecular complexity index is 719. The van der Waals surface area contributed by atoms with Crippen molar-refractivity contribution in [2.24, 2.45) is 0 Å². The molecule has 0 aromatic carbocycles. The smallest absolute Gasteiger partial charge is 0.410 e. The van der Waals surface area contributed by atoms with Gasteiger partial charge in [0.25, 0.3) is 0 Å². The predicted molar refractivity (Wildman–Crippen MR) is 121 cm³/mol. The molecule has 4 aliphatic rings. The summed E-state index contributed by atoms with van der Waals surface area (Å²) in [5.74, 6) is 0. The van der Waals surface area contributed by atoms with Gasteiger partial charge in [0.2, 0.25) is 0 Å². The van der Waals surface area contributed by atoms with Crippen LogP contribution in [-0.2, 0) is 9.47 Å². The van der Waals surface area contributed by atoms with E-state index in [9.17, 15) is 37.4 Å². The minimum atomic E-state index is -1.74. The number of fused-ring (bicyclic) bond motifs is 4. The maximum absolute atomic E-state index is 13.8. The number of hydrogen-bond donors (Lipinski definition) is 2. The van der Waals surface area contributed by atoms with Crippen LogP contribution in [0.25, 0.3) is 0 Å². The zero-order valence-electron chi connectivity index (χ0n) is 21.5. The van der Waals surface area contributed by atoms with Gasteiger partial charge in [0, 0.05) is 0 Å². The molecule has 10 atom stereocenters. The van der Waals surface area contributed by atoms with Crippen molar-refractivity contribution in [3.05, 3.63) is 0 Å². The standard InChI is InChI=1S/2C12H19F2NO3/c2*1-12(2,3)18-11(17)15-6-4-5-7(15)9(14)10(16)8(6)13/h2*6-10,16H,4-5H2,1-3H3/t2*6-,7+,8+,9-,10?. The molecule has 2 N–H and O–H groups in total. The second-order valence-corrected chi connectivity index (χ2v) is 12.0. The van der Waals surface area contributed by atoms with Gasteiger partial charge in [0.05, 0.1) is 24.2 Å². The average Bonchev–Trinajstić information content (AvgIpc) is 3.33. The fourth-order valence-electron chi connectivity index (χ4n) is 5.41. The Hall–Kier alpha value is -1.82. The van der Waals surface area contributed by atoms with Crippen molar-refractivity contribution in [2.45, 2.75) is 139 Å². The summed E-state index contributed by atoms with van der Waals surface area (Å²) in [5, 5.41) is 18.9. The zero-order chi connectivity index (χ0) is 27.3. The van der Waals surface area contributed by atoms with Crippen molar-refractivity contribution >= 4 is 12.2 Å². The van der Waals surface area contributed by atoms with E-state index in [1.54, 1.807) is 41.5 Å². The van der Waals surface area contributed by atoms with Gasteiger partial charge in [-0.15, -0.1) is 0 Å². The highest BCUT2D eigenvalue weighted by Crippen LogP contribution is 2.41. The quantitative estimate of drug-likeness (QED) is 0.468. The van der Waals surface area contributed by atoms with E-state index >= 15 is 0 Å². The van der Waals surface area contributed by atoms with Gasteiger partial charge in [-0.2, -0.15) is 0 Å². The molecular formula is C24H38F4N2O6. The Labute approximate surface area is 208 Å². The Kier molecular flexibility index (Phi) is 8.11. The number of aliphatic hydroxyl groups excluding tert-OH is 2. The second kappa shape index (κ2) is 10.2. The minimum Gasteiger partial charge on any atom is -0.444 e. The van der Waals surface area contributed by atoms with Crippen LogP contribution in [-0.4, -0.2) is 104 Å². The molecule has 8 nitrogen and oxygen atoms in total. The van der Waals surface area contributed by atoms with E-state index in [0.29, 0.717) is 25.7 Å². The third-order valence-corrected chi connectivity index (χ3v) is 6.93. The van der Waals surface area contributed by atoms with E-state index in [1.165, 1.54) is 0 Å². The van der Waals surface area contributed by atoms with Gasteiger partial charge in [-0.25, -0.2) is 27.2 Å². The maximum atomic E-state index is 13.8. The molecule has 2 amide bonds. The normalized spacial score (nSPS) is 39.9. The lowest BCUT2D eigenvalue weighted by Gasteiger charge is -2.41. The molecule has 0 radical (unpaired) electrons. The van der Waals surface area contributed by atoms with Crippen molar-refractivity contribution in [3.63, 3.8) is 0 Å². The molecule has 0 aliphatic carbocycles. The lowest BCUT2D eigenvalue weighted by Crippen LogP contribution is -2.61. The summed E-state index contributed by atoms with van der Waals surface area (Å²) in [4.78, 5) is 26.2. The molecule has 0 spiro atoms. The van der Waals surface area contributed by atoms with Gasteiger partial charge in [-0.1, -0.05) is 0 Å². The molecule has 36 heavy (non-hydrogen) atoms. The third kappa shape index (κ3) is 5.69. The van der Waals surface area contributed by atoms with Crippen molar-refractivity contribution in [2.75, 3.05) is 0 Å². The molecule has 4 saturated heterocycles. The van der Waals surface area contributed by atoms with Crippen LogP contribution in [0.15, 0.2) is 0 Å². The Morgan fingerprint density at radius 3 is 1.03 bits per heavy atom. The fourth-order valence-corrected chi connectivity index (χ4v) is 5.41. The van der Waals surface area contributed by atoms with Gasteiger partial charge >= 0.3 is 12.2 Å². The summed E-state index contributed by atoms with van der Waals surface area (Å²) < 4.78 is 65.6. The van der Waals surface area contributed by atoms with Crippen LogP contribution in [0.4, 0.5) is 27.2 Å². The van der Waals surface area contributed by atoms with Crippen molar-refractivity contribution in [1.29, 1.82) is 0 Å². The summed E-state index contributed by atoms with van der Waals surface area (Å²) >= 11 is 0. The Morgan fingerprint density at radius 2 is 0.833 bits per heavy atom. The molecule has 0 saturated carbocycles. The predicted octanol–water partition coefficient (Wildman–Crippen LogP) is 3.61. The van der Waals surface area contributed by atoms with E-state index < -0.39 is 84.5 Å². The summed E-state index contributed by atoms with van der Waals surface area (Å²) in [5.41, 5.74) is -1.41. The van der Waals surface area contributed by atoms with Gasteiger partial charge in [0.1, 0.15) is 48.1 Å². The molecule has 4 aliphatic heterocycles. The highest BCUT2D eigenvalue weighted by molar-refractivity contribution is 5.70. The number of alkyl halides is 4. The summed E-state index contributed by atoms with van der Waals surface area (Å²) in [6.07, 6.45) is -10.2. The molecule has 0 aromatic rings. The molecule has 2 unspecified atom stereocenters. The van der Waals surface area contributed by atoms with Crippen LogP contribution < -0.4 is 0 Å². The largest absolute Gasteiger partial charge is 0.444 e. The van der Waals surface area contributed by atoms with Crippen LogP contribution in [0.5, 0.6) is 0 Å². The monoisotopic (exact) mass is 526 g/mol. The number of carbonyl (C=O) groups is 2. The lowest BCUT2D eigenvalue weighted by molar-refractivity contribution is -0.0891. The van der Waals surface area contributed by atoms with Gasteiger partial charge in [0.15, 0.2) is 0 Å². The third-order valence-electron chi connectivity index (χ3n) is 6.93. The first-order valence-corrected chi connectivity index (χ1v) is 12.4. The maximum Gasteiger partial charge on any atom is 0.410 e. The number of halogens is 4. The first-order chi connectivity index (χ1) is 16.4. The number of piperidine rings is 2. The fraction of sp³-hybridized carbons (Fsp3) is 0.917. The minimum absolute atomic E-state index is 0.364. The van der Waals surface area contributed by atoms with Crippen LogP contribution in [0, 0.1) is 0 Å². The van der Waals surface area contributed by atoms with Crippen LogP contribution in [0.3, 0.4) is 0 Å². The zero-order valence-corrected chi connectivity index (χ0v) is 21.5. The summed E-state index contributed by atoms with van der Waals surface area (Å²) in [6.45, 7) is 10.2. The molecule has 12 heteroatoms. The van der Waals surface area contributed by atoms with Gasteiger partial charge < -0.3 is 19.7 Å². The first kappa shape index (κ1) is 28.7. The first-order valence-electron chi connectivity index (χ1n) is 12.4. The van der Waals surface area contributed by atoms with Crippen molar-refractivity contribution < 1.29 is 46.8 Å². The number of carbonyl (C=O) groups excluding carboxylic acids is 2. The number of amides is 2. The molecule has 0 aromatic heterocycles. The highest BCUT2D eigenvalue weighted by atomic mass is 19.2. The number of rotatable bonds is 0. The topological polar surface area (TPSA) is 99.5 Å². The molecule has 4 heterocycles. The van der Waals surface area contributed by atoms with Gasteiger partial charge in [-0.05, 0) is 67.2 Å². The Morgan fingerprint density at radius 1 is 0.611 bits per heavy atom. The van der Waals surface area contributed by atoms with E-state index in [1.807, 2.05) is 0 Å². The molecule has 208 valence electrons. The van der Waals surface area contributed by atoms with Crippen LogP contribution >= 0.6 is 0 Å². The van der Waals surface area contributed by atoms with E-state index in [0.717, 1.165) is 9.80 Å². The van der Waals surface area contributed by atoms with Gasteiger partial charge in [-0.3, -0.25) is 9.80 Å². The van der Waals surface area contributed by atoms with E-state index in [2.05, 4.69) is 0 Å². The summed E-state index contributed by atoms with van der Waals surface area (Å²) in [6, 6.07) is -3.09. The van der Waals surface area contributed by atoms with Crippen LogP contribution in [0.1, 0.15) is 67.2 Å². The summed E-state index contributed by atoms with van der Waals surface area (Å²) in [7, 11) is 0. The molecule has 4 bridgehead atoms. The van der Waals surface area contributed by atoms with E-state index in [-0.39, 0.29) is 0 Å². The average molecular weight is 527 g/mol.